The Labute approximate surface area is 120 Å². The molecular formula is C13H24N2O2S2. The highest BCUT2D eigenvalue weighted by Gasteiger charge is 2.23. The Morgan fingerprint density at radius 2 is 1.95 bits per heavy atom. The summed E-state index contributed by atoms with van der Waals surface area (Å²) in [5.41, 5.74) is 1.03. The molecule has 0 amide bonds. The standard InChI is InChI=1S/C13H24N2O2S2/c1-6-7-14-8-11-12(9(2)3)15-13(18-11)10(4)19(5,16)17/h9-10,14H,6-8H2,1-5H3. The molecule has 0 saturated carbocycles. The number of hydrogen-bond acceptors (Lipinski definition) is 5. The molecule has 0 spiro atoms. The van der Waals surface area contributed by atoms with Gasteiger partial charge in [0.05, 0.1) is 5.69 Å². The molecule has 0 aliphatic rings. The summed E-state index contributed by atoms with van der Waals surface area (Å²) in [6.07, 6.45) is 2.35. The minimum Gasteiger partial charge on any atom is -0.312 e. The van der Waals surface area contributed by atoms with Gasteiger partial charge in [0.2, 0.25) is 0 Å². The van der Waals surface area contributed by atoms with E-state index in [9.17, 15) is 8.42 Å². The molecule has 0 aliphatic carbocycles. The van der Waals surface area contributed by atoms with Gasteiger partial charge < -0.3 is 5.32 Å². The summed E-state index contributed by atoms with van der Waals surface area (Å²) >= 11 is 1.52. The molecule has 1 atom stereocenters. The van der Waals surface area contributed by atoms with Gasteiger partial charge in [0, 0.05) is 17.7 Å². The smallest absolute Gasteiger partial charge is 0.156 e. The first kappa shape index (κ1) is 16.6. The fourth-order valence-electron chi connectivity index (χ4n) is 1.70. The van der Waals surface area contributed by atoms with E-state index in [-0.39, 0.29) is 0 Å². The van der Waals surface area contributed by atoms with Crippen LogP contribution in [0.1, 0.15) is 60.9 Å². The van der Waals surface area contributed by atoms with Gasteiger partial charge >= 0.3 is 0 Å². The molecule has 1 aromatic rings. The Kier molecular flexibility index (Phi) is 5.95. The van der Waals surface area contributed by atoms with E-state index in [4.69, 9.17) is 0 Å². The van der Waals surface area contributed by atoms with Crippen LogP contribution >= 0.6 is 11.3 Å². The second kappa shape index (κ2) is 6.81. The SMILES string of the molecule is CCCNCc1sc(C(C)S(C)(=O)=O)nc1C(C)C. The Morgan fingerprint density at radius 1 is 1.32 bits per heavy atom. The molecule has 1 N–H and O–H groups in total. The van der Waals surface area contributed by atoms with Crippen LogP contribution in [0, 0.1) is 0 Å². The van der Waals surface area contributed by atoms with Crippen molar-refractivity contribution in [2.75, 3.05) is 12.8 Å². The van der Waals surface area contributed by atoms with Crippen LogP contribution in [-0.2, 0) is 16.4 Å². The van der Waals surface area contributed by atoms with E-state index in [1.54, 1.807) is 6.92 Å². The normalized spacial score (nSPS) is 14.0. The molecule has 0 bridgehead atoms. The first-order chi connectivity index (χ1) is 8.77. The molecule has 1 aromatic heterocycles. The van der Waals surface area contributed by atoms with Gasteiger partial charge in [-0.2, -0.15) is 0 Å². The minimum atomic E-state index is -3.08. The quantitative estimate of drug-likeness (QED) is 0.787. The lowest BCUT2D eigenvalue weighted by Gasteiger charge is -2.05. The topological polar surface area (TPSA) is 59.1 Å². The molecule has 0 saturated heterocycles. The molecule has 4 nitrogen and oxygen atoms in total. The van der Waals surface area contributed by atoms with Gasteiger partial charge in [-0.1, -0.05) is 20.8 Å². The summed E-state index contributed by atoms with van der Waals surface area (Å²) in [6, 6.07) is 0. The highest BCUT2D eigenvalue weighted by Crippen LogP contribution is 2.31. The maximum Gasteiger partial charge on any atom is 0.156 e. The Bertz CT molecular complexity index is 507. The predicted octanol–water partition coefficient (Wildman–Crippen LogP) is 2.87. The molecule has 0 radical (unpaired) electrons. The molecule has 19 heavy (non-hydrogen) atoms. The van der Waals surface area contributed by atoms with E-state index in [1.165, 1.54) is 17.6 Å². The molecule has 6 heteroatoms. The number of nitrogens with one attached hydrogen (secondary N) is 1. The van der Waals surface area contributed by atoms with Crippen LogP contribution in [0.15, 0.2) is 0 Å². The summed E-state index contributed by atoms with van der Waals surface area (Å²) in [6.45, 7) is 9.75. The number of aromatic nitrogens is 1. The molecule has 110 valence electrons. The van der Waals surface area contributed by atoms with Crippen molar-refractivity contribution < 1.29 is 8.42 Å². The second-order valence-electron chi connectivity index (χ2n) is 5.16. The maximum atomic E-state index is 11.6. The van der Waals surface area contributed by atoms with Crippen molar-refractivity contribution >= 4 is 21.2 Å². The second-order valence-corrected chi connectivity index (χ2v) is 8.65. The van der Waals surface area contributed by atoms with Crippen LogP contribution in [0.5, 0.6) is 0 Å². The van der Waals surface area contributed by atoms with E-state index in [0.29, 0.717) is 10.9 Å². The number of sulfone groups is 1. The highest BCUT2D eigenvalue weighted by molar-refractivity contribution is 7.91. The maximum absolute atomic E-state index is 11.6. The van der Waals surface area contributed by atoms with Crippen LogP contribution in [0.2, 0.25) is 0 Å². The first-order valence-corrected chi connectivity index (χ1v) is 9.43. The van der Waals surface area contributed by atoms with Gasteiger partial charge in [-0.15, -0.1) is 11.3 Å². The zero-order valence-corrected chi connectivity index (χ0v) is 14.0. The van der Waals surface area contributed by atoms with Crippen molar-refractivity contribution in [2.45, 2.75) is 51.8 Å². The lowest BCUT2D eigenvalue weighted by molar-refractivity contribution is 0.591. The third-order valence-corrected chi connectivity index (χ3v) is 5.90. The Hall–Kier alpha value is -0.460. The van der Waals surface area contributed by atoms with Crippen molar-refractivity contribution in [3.63, 3.8) is 0 Å². The fraction of sp³-hybridized carbons (Fsp3) is 0.769. The van der Waals surface area contributed by atoms with E-state index < -0.39 is 15.1 Å². The van der Waals surface area contributed by atoms with Gasteiger partial charge in [0.25, 0.3) is 0 Å². The van der Waals surface area contributed by atoms with Crippen LogP contribution in [0.3, 0.4) is 0 Å². The molecule has 0 aromatic carbocycles. The van der Waals surface area contributed by atoms with Gasteiger partial charge in [0.15, 0.2) is 9.84 Å². The molecule has 0 fully saturated rings. The summed E-state index contributed by atoms with van der Waals surface area (Å²) < 4.78 is 23.3. The van der Waals surface area contributed by atoms with Crippen LogP contribution in [-0.4, -0.2) is 26.2 Å². The highest BCUT2D eigenvalue weighted by atomic mass is 32.2. The third kappa shape index (κ3) is 4.54. The van der Waals surface area contributed by atoms with Crippen molar-refractivity contribution in [2.24, 2.45) is 0 Å². The Morgan fingerprint density at radius 3 is 2.42 bits per heavy atom. The molecular weight excluding hydrogens is 280 g/mol. The zero-order chi connectivity index (χ0) is 14.6. The predicted molar refractivity (Wildman–Crippen MR) is 81.5 cm³/mol. The Balaban J connectivity index is 3.00. The van der Waals surface area contributed by atoms with Crippen molar-refractivity contribution in [3.8, 4) is 0 Å². The summed E-state index contributed by atoms with van der Waals surface area (Å²) in [5.74, 6) is 0.315. The molecule has 1 heterocycles. The van der Waals surface area contributed by atoms with Crippen LogP contribution < -0.4 is 5.32 Å². The van der Waals surface area contributed by atoms with Gasteiger partial charge in [-0.05, 0) is 25.8 Å². The van der Waals surface area contributed by atoms with Crippen LogP contribution in [0.4, 0.5) is 0 Å². The monoisotopic (exact) mass is 304 g/mol. The number of thiazole rings is 1. The van der Waals surface area contributed by atoms with E-state index in [2.05, 4.69) is 31.1 Å². The van der Waals surface area contributed by atoms with E-state index in [1.807, 2.05) is 0 Å². The van der Waals surface area contributed by atoms with Gasteiger partial charge in [0.1, 0.15) is 10.3 Å². The van der Waals surface area contributed by atoms with E-state index in [0.717, 1.165) is 30.1 Å². The van der Waals surface area contributed by atoms with Crippen molar-refractivity contribution in [1.82, 2.24) is 10.3 Å². The molecule has 1 rings (SSSR count). The number of nitrogens with zero attached hydrogens (tertiary/aromatic N) is 1. The summed E-state index contributed by atoms with van der Waals surface area (Å²) in [7, 11) is -3.08. The number of hydrogen-bond donors (Lipinski definition) is 1. The largest absolute Gasteiger partial charge is 0.312 e. The molecule has 1 unspecified atom stereocenters. The zero-order valence-electron chi connectivity index (χ0n) is 12.4. The van der Waals surface area contributed by atoms with E-state index >= 15 is 0 Å². The third-order valence-electron chi connectivity index (χ3n) is 2.99. The minimum absolute atomic E-state index is 0.315. The molecule has 0 aliphatic heterocycles. The average Bonchev–Trinajstić information content (AvgIpc) is 2.71. The first-order valence-electron chi connectivity index (χ1n) is 6.66. The lowest BCUT2D eigenvalue weighted by atomic mass is 10.1. The van der Waals surface area contributed by atoms with Gasteiger partial charge in [-0.25, -0.2) is 13.4 Å². The van der Waals surface area contributed by atoms with Gasteiger partial charge in [-0.3, -0.25) is 0 Å². The summed E-state index contributed by atoms with van der Waals surface area (Å²) in [4.78, 5) is 5.72. The van der Waals surface area contributed by atoms with Crippen molar-refractivity contribution in [3.05, 3.63) is 15.6 Å². The number of rotatable bonds is 7. The average molecular weight is 304 g/mol. The fourth-order valence-corrected chi connectivity index (χ4v) is 3.91. The summed E-state index contributed by atoms with van der Waals surface area (Å²) in [5, 5.41) is 3.55. The van der Waals surface area contributed by atoms with Crippen molar-refractivity contribution in [1.29, 1.82) is 0 Å². The van der Waals surface area contributed by atoms with Crippen LogP contribution in [0.25, 0.3) is 0 Å². The lowest BCUT2D eigenvalue weighted by Crippen LogP contribution is -2.14.